The van der Waals surface area contributed by atoms with Crippen LogP contribution in [-0.4, -0.2) is 17.5 Å². The summed E-state index contributed by atoms with van der Waals surface area (Å²) in [6.45, 7) is 1.94. The van der Waals surface area contributed by atoms with Crippen molar-refractivity contribution in [1.29, 1.82) is 0 Å². The highest BCUT2D eigenvalue weighted by atomic mass is 127. The molecule has 1 saturated carbocycles. The predicted molar refractivity (Wildman–Crippen MR) is 111 cm³/mol. The van der Waals surface area contributed by atoms with Gasteiger partial charge in [0.25, 0.3) is 0 Å². The summed E-state index contributed by atoms with van der Waals surface area (Å²) < 4.78 is 5.78. The summed E-state index contributed by atoms with van der Waals surface area (Å²) in [7, 11) is 0. The topological polar surface area (TPSA) is 72.5 Å². The van der Waals surface area contributed by atoms with Gasteiger partial charge < -0.3 is 15.8 Å². The van der Waals surface area contributed by atoms with Crippen molar-refractivity contribution >= 4 is 29.9 Å². The lowest BCUT2D eigenvalue weighted by molar-refractivity contribution is 0.301. The quantitative estimate of drug-likeness (QED) is 0.384. The van der Waals surface area contributed by atoms with Crippen molar-refractivity contribution in [3.05, 3.63) is 59.9 Å². The molecule has 25 heavy (non-hydrogen) atoms. The first-order chi connectivity index (χ1) is 11.8. The monoisotopic (exact) mass is 452 g/mol. The number of aliphatic imine (C=N–C) groups is 1. The molecular formula is C19H25IN4O. The van der Waals surface area contributed by atoms with Gasteiger partial charge in [0.2, 0.25) is 0 Å². The van der Waals surface area contributed by atoms with E-state index in [2.05, 4.69) is 15.3 Å². The Labute approximate surface area is 166 Å². The fraction of sp³-hybridized carbons (Fsp3) is 0.368. The van der Waals surface area contributed by atoms with Crippen LogP contribution in [-0.2, 0) is 13.2 Å². The van der Waals surface area contributed by atoms with E-state index in [1.807, 2.05) is 42.5 Å². The van der Waals surface area contributed by atoms with Crippen LogP contribution in [0.15, 0.2) is 53.7 Å². The summed E-state index contributed by atoms with van der Waals surface area (Å²) in [5.74, 6) is 2.10. The van der Waals surface area contributed by atoms with Crippen LogP contribution in [0.5, 0.6) is 5.75 Å². The van der Waals surface area contributed by atoms with Crippen molar-refractivity contribution in [2.24, 2.45) is 16.6 Å². The Morgan fingerprint density at radius 1 is 1.24 bits per heavy atom. The summed E-state index contributed by atoms with van der Waals surface area (Å²) in [6.07, 6.45) is 5.71. The van der Waals surface area contributed by atoms with Gasteiger partial charge in [-0.15, -0.1) is 24.0 Å². The van der Waals surface area contributed by atoms with Gasteiger partial charge in [-0.25, -0.2) is 4.99 Å². The van der Waals surface area contributed by atoms with Crippen LogP contribution >= 0.6 is 24.0 Å². The number of hydrogen-bond acceptors (Lipinski definition) is 3. The largest absolute Gasteiger partial charge is 0.487 e. The van der Waals surface area contributed by atoms with Crippen LogP contribution in [0.2, 0.25) is 0 Å². The van der Waals surface area contributed by atoms with Crippen molar-refractivity contribution in [3.8, 4) is 5.75 Å². The van der Waals surface area contributed by atoms with E-state index in [0.29, 0.717) is 19.1 Å². The summed E-state index contributed by atoms with van der Waals surface area (Å²) in [5, 5.41) is 3.20. The molecule has 6 heteroatoms. The lowest BCUT2D eigenvalue weighted by Crippen LogP contribution is -2.37. The molecule has 0 saturated heterocycles. The molecule has 1 fully saturated rings. The Morgan fingerprint density at radius 3 is 2.84 bits per heavy atom. The fourth-order valence-electron chi connectivity index (χ4n) is 2.55. The summed E-state index contributed by atoms with van der Waals surface area (Å²) in [4.78, 5) is 8.65. The van der Waals surface area contributed by atoms with Gasteiger partial charge in [-0.1, -0.05) is 24.6 Å². The molecular weight excluding hydrogens is 427 g/mol. The number of hydrogen-bond donors (Lipinski definition) is 2. The van der Waals surface area contributed by atoms with Crippen LogP contribution in [0.3, 0.4) is 0 Å². The molecule has 0 spiro atoms. The first kappa shape index (κ1) is 19.5. The number of ether oxygens (including phenoxy) is 1. The van der Waals surface area contributed by atoms with Gasteiger partial charge in [-0.2, -0.15) is 0 Å². The standard InChI is InChI=1S/C19H24N4O.HI/c20-19(22-12-15-5-3-6-15)23-13-16-7-4-9-18(11-16)24-14-17-8-1-2-10-21-17;/h1-2,4,7-11,15H,3,5-6,12-14H2,(H3,20,22,23);1H. The number of nitrogens with one attached hydrogen (secondary N) is 1. The predicted octanol–water partition coefficient (Wildman–Crippen LogP) is 3.48. The zero-order valence-corrected chi connectivity index (χ0v) is 16.6. The minimum Gasteiger partial charge on any atom is -0.487 e. The fourth-order valence-corrected chi connectivity index (χ4v) is 2.55. The molecule has 0 atom stereocenters. The number of pyridine rings is 1. The average molecular weight is 452 g/mol. The highest BCUT2D eigenvalue weighted by Crippen LogP contribution is 2.25. The molecule has 0 amide bonds. The smallest absolute Gasteiger partial charge is 0.188 e. The molecule has 3 rings (SSSR count). The van der Waals surface area contributed by atoms with Crippen molar-refractivity contribution in [2.45, 2.75) is 32.4 Å². The third-order valence-electron chi connectivity index (χ3n) is 4.24. The zero-order valence-electron chi connectivity index (χ0n) is 14.2. The Hall–Kier alpha value is -1.83. The first-order valence-electron chi connectivity index (χ1n) is 8.45. The minimum atomic E-state index is 0. The van der Waals surface area contributed by atoms with Crippen LogP contribution in [0.25, 0.3) is 0 Å². The molecule has 1 heterocycles. The van der Waals surface area contributed by atoms with Crippen molar-refractivity contribution in [3.63, 3.8) is 0 Å². The van der Waals surface area contributed by atoms with E-state index in [-0.39, 0.29) is 24.0 Å². The number of rotatable bonds is 7. The van der Waals surface area contributed by atoms with E-state index in [1.165, 1.54) is 19.3 Å². The molecule has 2 aromatic rings. The van der Waals surface area contributed by atoms with Crippen molar-refractivity contribution in [1.82, 2.24) is 10.3 Å². The van der Waals surface area contributed by atoms with Gasteiger partial charge in [0.05, 0.1) is 12.2 Å². The lowest BCUT2D eigenvalue weighted by Gasteiger charge is -2.25. The van der Waals surface area contributed by atoms with E-state index >= 15 is 0 Å². The number of aromatic nitrogens is 1. The third kappa shape index (κ3) is 6.53. The van der Waals surface area contributed by atoms with Gasteiger partial charge >= 0.3 is 0 Å². The second-order valence-electron chi connectivity index (χ2n) is 6.14. The number of nitrogens with zero attached hydrogens (tertiary/aromatic N) is 2. The molecule has 1 aliphatic rings. The van der Waals surface area contributed by atoms with Crippen LogP contribution in [0.4, 0.5) is 0 Å². The van der Waals surface area contributed by atoms with Crippen molar-refractivity contribution in [2.75, 3.05) is 6.54 Å². The molecule has 0 radical (unpaired) electrons. The molecule has 0 unspecified atom stereocenters. The molecule has 134 valence electrons. The molecule has 1 aromatic heterocycles. The van der Waals surface area contributed by atoms with Gasteiger partial charge in [0.1, 0.15) is 12.4 Å². The summed E-state index contributed by atoms with van der Waals surface area (Å²) in [6, 6.07) is 13.7. The number of guanidine groups is 1. The maximum Gasteiger partial charge on any atom is 0.188 e. The number of halogens is 1. The molecule has 1 aromatic carbocycles. The molecule has 0 bridgehead atoms. The highest BCUT2D eigenvalue weighted by molar-refractivity contribution is 14.0. The minimum absolute atomic E-state index is 0. The zero-order chi connectivity index (χ0) is 16.6. The maximum atomic E-state index is 5.92. The van der Waals surface area contributed by atoms with E-state index in [9.17, 15) is 0 Å². The molecule has 1 aliphatic carbocycles. The lowest BCUT2D eigenvalue weighted by atomic mass is 9.85. The number of nitrogens with two attached hydrogens (primary N) is 1. The maximum absolute atomic E-state index is 5.92. The Kier molecular flexibility index (Phi) is 7.97. The van der Waals surface area contributed by atoms with Gasteiger partial charge in [-0.3, -0.25) is 4.98 Å². The van der Waals surface area contributed by atoms with Gasteiger partial charge in [-0.05, 0) is 48.6 Å². The van der Waals surface area contributed by atoms with Crippen molar-refractivity contribution < 1.29 is 4.74 Å². The molecule has 3 N–H and O–H groups in total. The number of benzene rings is 1. The van der Waals surface area contributed by atoms with E-state index in [1.54, 1.807) is 6.20 Å². The van der Waals surface area contributed by atoms with Crippen LogP contribution in [0.1, 0.15) is 30.5 Å². The first-order valence-corrected chi connectivity index (χ1v) is 8.45. The normalized spacial score (nSPS) is 14.3. The van der Waals surface area contributed by atoms with Crippen LogP contribution in [0, 0.1) is 5.92 Å². The molecule has 0 aliphatic heterocycles. The van der Waals surface area contributed by atoms with Gasteiger partial charge in [0.15, 0.2) is 5.96 Å². The Bertz CT molecular complexity index is 674. The highest BCUT2D eigenvalue weighted by Gasteiger charge is 2.16. The summed E-state index contributed by atoms with van der Waals surface area (Å²) >= 11 is 0. The SMILES string of the molecule is I.NC(=NCc1cccc(OCc2ccccn2)c1)NCC1CCC1. The second-order valence-corrected chi connectivity index (χ2v) is 6.14. The second kappa shape index (κ2) is 10.2. The summed E-state index contributed by atoms with van der Waals surface area (Å²) in [5.41, 5.74) is 7.90. The van der Waals surface area contributed by atoms with E-state index in [4.69, 9.17) is 10.5 Å². The average Bonchev–Trinajstić information content (AvgIpc) is 2.58. The third-order valence-corrected chi connectivity index (χ3v) is 4.24. The van der Waals surface area contributed by atoms with Crippen LogP contribution < -0.4 is 15.8 Å². The molecule has 5 nitrogen and oxygen atoms in total. The van der Waals surface area contributed by atoms with E-state index < -0.39 is 0 Å². The Balaban J connectivity index is 0.00000225. The van der Waals surface area contributed by atoms with E-state index in [0.717, 1.165) is 29.5 Å². The van der Waals surface area contributed by atoms with Gasteiger partial charge in [0, 0.05) is 12.7 Å². The Morgan fingerprint density at radius 2 is 2.12 bits per heavy atom.